The van der Waals surface area contributed by atoms with E-state index in [1.807, 2.05) is 0 Å². The van der Waals surface area contributed by atoms with Crippen LogP contribution in [0.1, 0.15) is 13.3 Å². The van der Waals surface area contributed by atoms with Gasteiger partial charge in [0.2, 0.25) is 0 Å². The SMILES string of the molecule is C=C(C(=O)[O-])C(CC)S(=O)(=O)O.[Li+]. The first-order chi connectivity index (χ1) is 5.30. The molecule has 1 N–H and O–H groups in total. The number of hydrogen-bond acceptors (Lipinski definition) is 4. The predicted molar refractivity (Wildman–Crippen MR) is 39.8 cm³/mol. The summed E-state index contributed by atoms with van der Waals surface area (Å²) in [4.78, 5) is 10.2. The molecule has 0 bridgehead atoms. The molecular formula is C6H9LiO5S. The molecule has 0 heterocycles. The number of carboxylic acids is 1. The number of rotatable bonds is 4. The van der Waals surface area contributed by atoms with Gasteiger partial charge >= 0.3 is 18.9 Å². The van der Waals surface area contributed by atoms with Crippen LogP contribution < -0.4 is 24.0 Å². The van der Waals surface area contributed by atoms with Gasteiger partial charge in [0.05, 0.1) is 5.97 Å². The molecule has 0 aromatic carbocycles. The quantitative estimate of drug-likeness (QED) is 0.283. The van der Waals surface area contributed by atoms with Gasteiger partial charge in [-0.15, -0.1) is 0 Å². The fourth-order valence-electron chi connectivity index (χ4n) is 0.768. The van der Waals surface area contributed by atoms with Gasteiger partial charge in [-0.2, -0.15) is 8.42 Å². The van der Waals surface area contributed by atoms with Crippen molar-refractivity contribution in [3.05, 3.63) is 12.2 Å². The van der Waals surface area contributed by atoms with E-state index in [1.54, 1.807) is 0 Å². The summed E-state index contributed by atoms with van der Waals surface area (Å²) >= 11 is 0. The van der Waals surface area contributed by atoms with Crippen molar-refractivity contribution in [1.29, 1.82) is 0 Å². The average Bonchev–Trinajstić information content (AvgIpc) is 1.85. The summed E-state index contributed by atoms with van der Waals surface area (Å²) in [7, 11) is -4.38. The standard InChI is InChI=1S/C6H10O5S.Li/c1-3-5(12(9,10)11)4(2)6(7)8;/h5H,2-3H2,1H3,(H,7,8)(H,9,10,11);/q;+1/p-1. The van der Waals surface area contributed by atoms with Crippen molar-refractivity contribution >= 4 is 16.1 Å². The number of carboxylic acid groups (broad SMARTS) is 1. The number of carbonyl (C=O) groups excluding carboxylic acids is 1. The Bertz CT molecular complexity index is 294. The van der Waals surface area contributed by atoms with E-state index in [0.717, 1.165) is 0 Å². The Morgan fingerprint density at radius 2 is 2.00 bits per heavy atom. The zero-order valence-electron chi connectivity index (χ0n) is 7.48. The first kappa shape index (κ1) is 15.2. The largest absolute Gasteiger partial charge is 1.00 e. The summed E-state index contributed by atoms with van der Waals surface area (Å²) < 4.78 is 29.5. The topological polar surface area (TPSA) is 94.5 Å². The van der Waals surface area contributed by atoms with Crippen LogP contribution in [0.5, 0.6) is 0 Å². The van der Waals surface area contributed by atoms with Crippen molar-refractivity contribution in [2.45, 2.75) is 18.6 Å². The molecule has 0 saturated heterocycles. The van der Waals surface area contributed by atoms with E-state index in [1.165, 1.54) is 6.92 Å². The second-order valence-corrected chi connectivity index (χ2v) is 3.82. The molecule has 13 heavy (non-hydrogen) atoms. The molecule has 0 aliphatic rings. The Labute approximate surface area is 88.8 Å². The van der Waals surface area contributed by atoms with Gasteiger partial charge in [-0.1, -0.05) is 13.5 Å². The molecule has 5 nitrogen and oxygen atoms in total. The maximum absolute atomic E-state index is 10.5. The first-order valence-corrected chi connectivity index (χ1v) is 4.67. The second-order valence-electron chi connectivity index (χ2n) is 2.22. The Hall–Kier alpha value is -0.283. The van der Waals surface area contributed by atoms with Gasteiger partial charge in [-0.05, 0) is 12.0 Å². The summed E-state index contributed by atoms with van der Waals surface area (Å²) in [6.07, 6.45) is -0.0500. The van der Waals surface area contributed by atoms with Crippen LogP contribution in [-0.2, 0) is 14.9 Å². The molecule has 70 valence electrons. The number of hydrogen-bond donors (Lipinski definition) is 1. The third kappa shape index (κ3) is 4.48. The van der Waals surface area contributed by atoms with Crippen LogP contribution in [0.3, 0.4) is 0 Å². The van der Waals surface area contributed by atoms with Crippen molar-refractivity contribution in [1.82, 2.24) is 0 Å². The molecular weight excluding hydrogens is 191 g/mol. The van der Waals surface area contributed by atoms with E-state index in [2.05, 4.69) is 6.58 Å². The maximum Gasteiger partial charge on any atom is 1.00 e. The Morgan fingerprint density at radius 3 is 2.08 bits per heavy atom. The van der Waals surface area contributed by atoms with Gasteiger partial charge in [0, 0.05) is 0 Å². The minimum atomic E-state index is -4.38. The van der Waals surface area contributed by atoms with Gasteiger partial charge in [-0.3, -0.25) is 4.55 Å². The van der Waals surface area contributed by atoms with Gasteiger partial charge in [-0.25, -0.2) is 0 Å². The van der Waals surface area contributed by atoms with Crippen LogP contribution in [-0.4, -0.2) is 24.2 Å². The molecule has 7 heteroatoms. The molecule has 0 fully saturated rings. The smallest absolute Gasteiger partial charge is 0.545 e. The Kier molecular flexibility index (Phi) is 6.37. The molecule has 1 atom stereocenters. The molecule has 0 spiro atoms. The predicted octanol–water partition coefficient (Wildman–Crippen LogP) is -4.04. The molecule has 0 aromatic heterocycles. The van der Waals surface area contributed by atoms with E-state index in [-0.39, 0.29) is 25.3 Å². The van der Waals surface area contributed by atoms with Crippen LogP contribution in [0.2, 0.25) is 0 Å². The van der Waals surface area contributed by atoms with Gasteiger partial charge in [0.25, 0.3) is 10.1 Å². The monoisotopic (exact) mass is 200 g/mol. The van der Waals surface area contributed by atoms with Crippen LogP contribution in [0, 0.1) is 0 Å². The summed E-state index contributed by atoms with van der Waals surface area (Å²) in [5.74, 6) is -1.67. The number of carbonyl (C=O) groups is 1. The van der Waals surface area contributed by atoms with Crippen molar-refractivity contribution < 1.29 is 41.7 Å². The molecule has 0 radical (unpaired) electrons. The fraction of sp³-hybridized carbons (Fsp3) is 0.500. The molecule has 1 unspecified atom stereocenters. The average molecular weight is 200 g/mol. The fourth-order valence-corrected chi connectivity index (χ4v) is 1.65. The molecule has 0 rings (SSSR count). The number of aliphatic carboxylic acids is 1. The third-order valence-corrected chi connectivity index (χ3v) is 2.72. The first-order valence-electron chi connectivity index (χ1n) is 3.17. The van der Waals surface area contributed by atoms with Crippen LogP contribution >= 0.6 is 0 Å². The summed E-state index contributed by atoms with van der Waals surface area (Å²) in [5.41, 5.74) is -0.625. The van der Waals surface area contributed by atoms with E-state index >= 15 is 0 Å². The van der Waals surface area contributed by atoms with E-state index in [0.29, 0.717) is 0 Å². The zero-order chi connectivity index (χ0) is 9.94. The van der Waals surface area contributed by atoms with Crippen LogP contribution in [0.15, 0.2) is 12.2 Å². The Morgan fingerprint density at radius 1 is 1.62 bits per heavy atom. The Balaban J connectivity index is 0. The molecule has 0 aliphatic heterocycles. The van der Waals surface area contributed by atoms with Crippen molar-refractivity contribution in [3.63, 3.8) is 0 Å². The van der Waals surface area contributed by atoms with Gasteiger partial charge in [0.15, 0.2) is 0 Å². The van der Waals surface area contributed by atoms with Gasteiger partial charge in [0.1, 0.15) is 5.25 Å². The van der Waals surface area contributed by atoms with Crippen molar-refractivity contribution in [3.8, 4) is 0 Å². The minimum Gasteiger partial charge on any atom is -0.545 e. The zero-order valence-corrected chi connectivity index (χ0v) is 8.30. The minimum absolute atomic E-state index is 0. The summed E-state index contributed by atoms with van der Waals surface area (Å²) in [6.45, 7) is 4.41. The summed E-state index contributed by atoms with van der Waals surface area (Å²) in [6, 6.07) is 0. The van der Waals surface area contributed by atoms with E-state index in [4.69, 9.17) is 4.55 Å². The van der Waals surface area contributed by atoms with E-state index in [9.17, 15) is 18.3 Å². The summed E-state index contributed by atoms with van der Waals surface area (Å²) in [5, 5.41) is 8.69. The van der Waals surface area contributed by atoms with Crippen molar-refractivity contribution in [2.75, 3.05) is 0 Å². The molecule has 0 amide bonds. The van der Waals surface area contributed by atoms with Crippen LogP contribution in [0.25, 0.3) is 0 Å². The van der Waals surface area contributed by atoms with Crippen LogP contribution in [0.4, 0.5) is 0 Å². The van der Waals surface area contributed by atoms with Gasteiger partial charge < -0.3 is 9.90 Å². The second kappa shape index (κ2) is 5.45. The normalized spacial score (nSPS) is 12.8. The maximum atomic E-state index is 10.5. The molecule has 0 saturated carbocycles. The molecule has 0 aromatic rings. The van der Waals surface area contributed by atoms with E-state index < -0.39 is 26.9 Å². The van der Waals surface area contributed by atoms with Crippen molar-refractivity contribution in [2.24, 2.45) is 0 Å². The molecule has 0 aliphatic carbocycles. The third-order valence-electron chi connectivity index (χ3n) is 1.38.